The molecule has 106 valence electrons. The molecule has 4 rings (SSSR count). The molecule has 1 heterocycles. The van der Waals surface area contributed by atoms with Crippen molar-refractivity contribution in [1.82, 2.24) is 0 Å². The molecule has 0 spiro atoms. The highest BCUT2D eigenvalue weighted by Gasteiger charge is 2.41. The van der Waals surface area contributed by atoms with Crippen LogP contribution in [0.25, 0.3) is 0 Å². The van der Waals surface area contributed by atoms with Gasteiger partial charge in [-0.1, -0.05) is 6.42 Å². The Morgan fingerprint density at radius 2 is 2.20 bits per heavy atom. The number of hydrogen-bond acceptors (Lipinski definition) is 2. The summed E-state index contributed by atoms with van der Waals surface area (Å²) in [4.78, 5) is 14.2. The molecule has 3 nitrogen and oxygen atoms in total. The average molecular weight is 383 g/mol. The molecule has 1 amide bonds. The molecule has 2 saturated carbocycles. The van der Waals surface area contributed by atoms with Crippen LogP contribution in [0.1, 0.15) is 25.7 Å². The molecule has 1 aliphatic heterocycles. The highest BCUT2D eigenvalue weighted by molar-refractivity contribution is 14.1. The molecule has 0 saturated heterocycles. The molecule has 2 aliphatic carbocycles. The van der Waals surface area contributed by atoms with E-state index in [9.17, 15) is 4.79 Å². The van der Waals surface area contributed by atoms with Gasteiger partial charge in [0, 0.05) is 10.1 Å². The number of hydrogen-bond donors (Lipinski definition) is 0. The molecule has 2 fully saturated rings. The zero-order chi connectivity index (χ0) is 13.7. The van der Waals surface area contributed by atoms with Crippen LogP contribution in [0.4, 0.5) is 5.69 Å². The van der Waals surface area contributed by atoms with Crippen molar-refractivity contribution in [2.45, 2.75) is 25.7 Å². The van der Waals surface area contributed by atoms with Gasteiger partial charge >= 0.3 is 0 Å². The van der Waals surface area contributed by atoms with Crippen LogP contribution in [0.15, 0.2) is 18.2 Å². The van der Waals surface area contributed by atoms with E-state index < -0.39 is 0 Å². The third-order valence-electron chi connectivity index (χ3n) is 5.17. The normalized spacial score (nSPS) is 31.4. The van der Waals surface area contributed by atoms with Crippen LogP contribution in [0.5, 0.6) is 5.75 Å². The number of amides is 1. The number of carbonyl (C=O) groups is 1. The molecule has 1 aromatic rings. The Morgan fingerprint density at radius 3 is 2.95 bits per heavy atom. The van der Waals surface area contributed by atoms with E-state index in [0.29, 0.717) is 5.92 Å². The predicted octanol–water partition coefficient (Wildman–Crippen LogP) is 3.45. The number of rotatable bonds is 2. The quantitative estimate of drug-likeness (QED) is 0.733. The summed E-state index contributed by atoms with van der Waals surface area (Å²) in [7, 11) is 0. The Labute approximate surface area is 132 Å². The second-order valence-corrected chi connectivity index (χ2v) is 7.59. The summed E-state index contributed by atoms with van der Waals surface area (Å²) < 4.78 is 6.70. The van der Waals surface area contributed by atoms with Crippen molar-refractivity contribution in [3.63, 3.8) is 0 Å². The first-order valence-corrected chi connectivity index (χ1v) is 8.51. The van der Waals surface area contributed by atoms with Crippen molar-refractivity contribution in [3.05, 3.63) is 21.8 Å². The molecular formula is C16H18INO2. The smallest absolute Gasteiger partial charge is 0.265 e. The summed E-state index contributed by atoms with van der Waals surface area (Å²) in [6.07, 6.45) is 5.48. The molecule has 3 unspecified atom stereocenters. The van der Waals surface area contributed by atoms with Crippen LogP contribution in [0, 0.1) is 21.3 Å². The monoisotopic (exact) mass is 383 g/mol. The average Bonchev–Trinajstić information content (AvgIpc) is 3.04. The molecule has 20 heavy (non-hydrogen) atoms. The van der Waals surface area contributed by atoms with Crippen molar-refractivity contribution in [3.8, 4) is 5.75 Å². The molecule has 3 aliphatic rings. The van der Waals surface area contributed by atoms with E-state index in [1.807, 2.05) is 17.0 Å². The Balaban J connectivity index is 1.61. The molecule has 0 aromatic heterocycles. The van der Waals surface area contributed by atoms with Crippen molar-refractivity contribution < 1.29 is 9.53 Å². The second kappa shape index (κ2) is 4.90. The van der Waals surface area contributed by atoms with E-state index in [-0.39, 0.29) is 12.5 Å². The van der Waals surface area contributed by atoms with Crippen molar-refractivity contribution >= 4 is 34.2 Å². The third-order valence-corrected chi connectivity index (χ3v) is 5.84. The Hall–Kier alpha value is -0.780. The van der Waals surface area contributed by atoms with Gasteiger partial charge in [-0.15, -0.1) is 0 Å². The van der Waals surface area contributed by atoms with Gasteiger partial charge in [-0.2, -0.15) is 0 Å². The predicted molar refractivity (Wildman–Crippen MR) is 85.9 cm³/mol. The fourth-order valence-electron chi connectivity index (χ4n) is 4.21. The zero-order valence-corrected chi connectivity index (χ0v) is 13.5. The topological polar surface area (TPSA) is 29.5 Å². The molecule has 0 radical (unpaired) electrons. The molecule has 4 heteroatoms. The van der Waals surface area contributed by atoms with Gasteiger partial charge in [-0.3, -0.25) is 4.79 Å². The van der Waals surface area contributed by atoms with Crippen molar-refractivity contribution in [2.24, 2.45) is 17.8 Å². The lowest BCUT2D eigenvalue weighted by Gasteiger charge is -2.33. The fourth-order valence-corrected chi connectivity index (χ4v) is 4.68. The number of carbonyl (C=O) groups excluding carboxylic acids is 1. The van der Waals surface area contributed by atoms with Gasteiger partial charge in [-0.25, -0.2) is 0 Å². The summed E-state index contributed by atoms with van der Waals surface area (Å²) in [6.45, 7) is 1.07. The minimum atomic E-state index is 0.113. The minimum absolute atomic E-state index is 0.113. The standard InChI is InChI=1S/C16H18INO2/c17-13-3-4-15-14(7-13)18(16(19)9-20-15)8-12-6-10-1-2-11(12)5-10/h3-4,7,10-12H,1-2,5-6,8-9H2. The van der Waals surface area contributed by atoms with E-state index >= 15 is 0 Å². The molecule has 2 bridgehead atoms. The highest BCUT2D eigenvalue weighted by Crippen LogP contribution is 2.49. The van der Waals surface area contributed by atoms with Gasteiger partial charge in [0.25, 0.3) is 5.91 Å². The van der Waals surface area contributed by atoms with E-state index in [1.165, 1.54) is 25.7 Å². The fraction of sp³-hybridized carbons (Fsp3) is 0.562. The number of nitrogens with zero attached hydrogens (tertiary/aromatic N) is 1. The Morgan fingerprint density at radius 1 is 1.30 bits per heavy atom. The van der Waals surface area contributed by atoms with E-state index in [4.69, 9.17) is 4.74 Å². The Kier molecular flexibility index (Phi) is 3.16. The van der Waals surface area contributed by atoms with Crippen LogP contribution < -0.4 is 9.64 Å². The van der Waals surface area contributed by atoms with Crippen LogP contribution in [0.3, 0.4) is 0 Å². The number of ether oxygens (including phenoxy) is 1. The Bertz CT molecular complexity index is 559. The number of benzene rings is 1. The maximum atomic E-state index is 12.3. The van der Waals surface area contributed by atoms with Crippen molar-refractivity contribution in [2.75, 3.05) is 18.1 Å². The van der Waals surface area contributed by atoms with Crippen LogP contribution in [0.2, 0.25) is 0 Å². The third kappa shape index (κ3) is 2.12. The molecule has 1 aromatic carbocycles. The summed E-state index contributed by atoms with van der Waals surface area (Å²) in [5.74, 6) is 3.44. The largest absolute Gasteiger partial charge is 0.482 e. The lowest BCUT2D eigenvalue weighted by atomic mass is 9.88. The number of anilines is 1. The summed E-state index contributed by atoms with van der Waals surface area (Å²) in [5.41, 5.74) is 0.968. The first-order chi connectivity index (χ1) is 9.70. The molecular weight excluding hydrogens is 365 g/mol. The molecule has 3 atom stereocenters. The first-order valence-electron chi connectivity index (χ1n) is 7.43. The van der Waals surface area contributed by atoms with Gasteiger partial charge in [0.05, 0.1) is 5.69 Å². The van der Waals surface area contributed by atoms with Crippen LogP contribution in [-0.4, -0.2) is 19.1 Å². The van der Waals surface area contributed by atoms with Gasteiger partial charge in [0.2, 0.25) is 0 Å². The lowest BCUT2D eigenvalue weighted by molar-refractivity contribution is -0.121. The first kappa shape index (κ1) is 12.9. The van der Waals surface area contributed by atoms with Gasteiger partial charge in [0.1, 0.15) is 5.75 Å². The van der Waals surface area contributed by atoms with Crippen molar-refractivity contribution in [1.29, 1.82) is 0 Å². The van der Waals surface area contributed by atoms with Gasteiger partial charge in [-0.05, 0) is 77.8 Å². The summed E-state index contributed by atoms with van der Waals surface area (Å²) >= 11 is 2.29. The summed E-state index contributed by atoms with van der Waals surface area (Å²) in [6, 6.07) is 6.09. The highest BCUT2D eigenvalue weighted by atomic mass is 127. The zero-order valence-electron chi connectivity index (χ0n) is 11.3. The van der Waals surface area contributed by atoms with E-state index in [1.54, 1.807) is 0 Å². The minimum Gasteiger partial charge on any atom is -0.482 e. The van der Waals surface area contributed by atoms with Gasteiger partial charge in [0.15, 0.2) is 6.61 Å². The number of halogens is 1. The maximum Gasteiger partial charge on any atom is 0.265 e. The van der Waals surface area contributed by atoms with Gasteiger partial charge < -0.3 is 9.64 Å². The van der Waals surface area contributed by atoms with Crippen LogP contribution in [-0.2, 0) is 4.79 Å². The van der Waals surface area contributed by atoms with E-state index in [0.717, 1.165) is 33.4 Å². The lowest BCUT2D eigenvalue weighted by Crippen LogP contribution is -2.42. The molecule has 0 N–H and O–H groups in total. The summed E-state index contributed by atoms with van der Waals surface area (Å²) in [5, 5.41) is 0. The van der Waals surface area contributed by atoms with Crippen LogP contribution >= 0.6 is 22.6 Å². The second-order valence-electron chi connectivity index (χ2n) is 6.34. The van der Waals surface area contributed by atoms with E-state index in [2.05, 4.69) is 28.7 Å². The maximum absolute atomic E-state index is 12.3. The SMILES string of the molecule is O=C1COc2ccc(I)cc2N1CC1CC2CCC1C2. The number of fused-ring (bicyclic) bond motifs is 3.